The summed E-state index contributed by atoms with van der Waals surface area (Å²) in [4.78, 5) is 10.5. The van der Waals surface area contributed by atoms with Gasteiger partial charge in [-0.15, -0.1) is 0 Å². The van der Waals surface area contributed by atoms with E-state index in [1.807, 2.05) is 39.2 Å². The van der Waals surface area contributed by atoms with E-state index in [-0.39, 0.29) is 0 Å². The monoisotopic (exact) mass is 264 g/mol. The molecule has 0 saturated heterocycles. The highest BCUT2D eigenvalue weighted by Crippen LogP contribution is 2.10. The van der Waals surface area contributed by atoms with E-state index in [0.717, 1.165) is 31.2 Å². The molecule has 104 valence electrons. The Kier molecular flexibility index (Phi) is 4.16. The van der Waals surface area contributed by atoms with Gasteiger partial charge >= 0.3 is 0 Å². The van der Waals surface area contributed by atoms with Crippen molar-refractivity contribution in [1.29, 1.82) is 0 Å². The summed E-state index contributed by atoms with van der Waals surface area (Å²) in [7, 11) is 5.98. The summed E-state index contributed by atoms with van der Waals surface area (Å²) < 4.78 is 7.12. The molecule has 0 fully saturated rings. The molecule has 0 spiro atoms. The van der Waals surface area contributed by atoms with Crippen molar-refractivity contribution in [3.05, 3.63) is 23.6 Å². The lowest BCUT2D eigenvalue weighted by molar-refractivity contribution is 0.372. The Bertz CT molecular complexity index is 530. The van der Waals surface area contributed by atoms with Crippen molar-refractivity contribution in [2.24, 2.45) is 7.05 Å². The first-order valence-corrected chi connectivity index (χ1v) is 6.25. The lowest BCUT2D eigenvalue weighted by Gasteiger charge is -2.12. The first kappa shape index (κ1) is 13.5. The zero-order valence-electron chi connectivity index (χ0n) is 11.8. The average molecular weight is 264 g/mol. The quantitative estimate of drug-likeness (QED) is 0.766. The van der Waals surface area contributed by atoms with Crippen LogP contribution in [0, 0.1) is 6.92 Å². The molecule has 0 bridgehead atoms. The van der Waals surface area contributed by atoms with Gasteiger partial charge in [0.15, 0.2) is 5.82 Å². The van der Waals surface area contributed by atoms with E-state index in [2.05, 4.69) is 25.0 Å². The Labute approximate surface area is 112 Å². The van der Waals surface area contributed by atoms with E-state index in [0.29, 0.717) is 11.7 Å². The minimum Gasteiger partial charge on any atom is -0.348 e. The summed E-state index contributed by atoms with van der Waals surface area (Å²) in [5.41, 5.74) is 1.14. The van der Waals surface area contributed by atoms with Crippen LogP contribution in [0.3, 0.4) is 0 Å². The number of hydrogen-bond donors (Lipinski definition) is 1. The van der Waals surface area contributed by atoms with Crippen LogP contribution in [-0.2, 0) is 20.0 Å². The highest BCUT2D eigenvalue weighted by molar-refractivity contribution is 5.30. The fraction of sp³-hybridized carbons (Fsp3) is 0.583. The second kappa shape index (κ2) is 5.83. The van der Waals surface area contributed by atoms with Gasteiger partial charge in [0.25, 0.3) is 0 Å². The third-order valence-electron chi connectivity index (χ3n) is 2.85. The van der Waals surface area contributed by atoms with Crippen LogP contribution in [0.2, 0.25) is 0 Å². The minimum atomic E-state index is 0.670. The largest absolute Gasteiger partial charge is 0.348 e. The highest BCUT2D eigenvalue weighted by Gasteiger charge is 2.07. The van der Waals surface area contributed by atoms with E-state index < -0.39 is 0 Å². The van der Waals surface area contributed by atoms with Crippen molar-refractivity contribution in [3.8, 4) is 0 Å². The predicted molar refractivity (Wildman–Crippen MR) is 72.0 cm³/mol. The fourth-order valence-electron chi connectivity index (χ4n) is 1.87. The van der Waals surface area contributed by atoms with E-state index in [1.165, 1.54) is 0 Å². The molecule has 0 aromatic carbocycles. The Hall–Kier alpha value is -1.89. The number of imidazole rings is 1. The zero-order valence-corrected chi connectivity index (χ0v) is 11.8. The van der Waals surface area contributed by atoms with Crippen LogP contribution < -0.4 is 10.2 Å². The van der Waals surface area contributed by atoms with Gasteiger partial charge in [0.1, 0.15) is 0 Å². The van der Waals surface area contributed by atoms with Crippen LogP contribution in [0.5, 0.6) is 0 Å². The van der Waals surface area contributed by atoms with Gasteiger partial charge in [0.2, 0.25) is 11.8 Å². The molecular formula is C12H20N6O. The van der Waals surface area contributed by atoms with E-state index in [9.17, 15) is 0 Å². The summed E-state index contributed by atoms with van der Waals surface area (Å²) in [6, 6.07) is 0. The van der Waals surface area contributed by atoms with Crippen molar-refractivity contribution in [2.45, 2.75) is 19.9 Å². The van der Waals surface area contributed by atoms with Gasteiger partial charge in [-0.05, 0) is 6.92 Å². The zero-order chi connectivity index (χ0) is 13.8. The molecule has 0 aliphatic carbocycles. The van der Waals surface area contributed by atoms with Crippen molar-refractivity contribution in [2.75, 3.05) is 25.5 Å². The molecule has 0 unspecified atom stereocenters. The van der Waals surface area contributed by atoms with E-state index >= 15 is 0 Å². The highest BCUT2D eigenvalue weighted by atomic mass is 16.5. The van der Waals surface area contributed by atoms with Crippen LogP contribution in [0.25, 0.3) is 0 Å². The Balaban J connectivity index is 1.80. The van der Waals surface area contributed by atoms with Crippen molar-refractivity contribution < 1.29 is 4.52 Å². The lowest BCUT2D eigenvalue weighted by Crippen LogP contribution is -2.20. The predicted octanol–water partition coefficient (Wildman–Crippen LogP) is 0.510. The molecule has 2 aromatic heterocycles. The van der Waals surface area contributed by atoms with Crippen LogP contribution in [0.4, 0.5) is 5.95 Å². The number of aryl methyl sites for hydroxylation is 1. The first-order valence-electron chi connectivity index (χ1n) is 6.25. The molecule has 19 heavy (non-hydrogen) atoms. The molecule has 0 aliphatic heterocycles. The van der Waals surface area contributed by atoms with Crippen LogP contribution in [0.15, 0.2) is 10.7 Å². The van der Waals surface area contributed by atoms with E-state index in [4.69, 9.17) is 4.52 Å². The van der Waals surface area contributed by atoms with Gasteiger partial charge in [0.05, 0.1) is 11.9 Å². The Morgan fingerprint density at radius 1 is 1.42 bits per heavy atom. The standard InChI is InChI=1S/C12H20N6O/c1-9-15-11(19-16-9)5-6-13-7-10-8-14-12(17(2)3)18(10)4/h8,13H,5-7H2,1-4H3. The minimum absolute atomic E-state index is 0.670. The third-order valence-corrected chi connectivity index (χ3v) is 2.85. The van der Waals surface area contributed by atoms with Gasteiger partial charge in [-0.1, -0.05) is 5.16 Å². The summed E-state index contributed by atoms with van der Waals surface area (Å²) in [5.74, 6) is 2.30. The van der Waals surface area contributed by atoms with Crippen LogP contribution >= 0.6 is 0 Å². The van der Waals surface area contributed by atoms with Crippen molar-refractivity contribution in [3.63, 3.8) is 0 Å². The van der Waals surface area contributed by atoms with Gasteiger partial charge in [-0.3, -0.25) is 0 Å². The molecule has 1 N–H and O–H groups in total. The Morgan fingerprint density at radius 2 is 2.21 bits per heavy atom. The molecule has 0 aliphatic rings. The summed E-state index contributed by atoms with van der Waals surface area (Å²) in [5, 5.41) is 7.10. The summed E-state index contributed by atoms with van der Waals surface area (Å²) in [6.07, 6.45) is 2.62. The lowest BCUT2D eigenvalue weighted by atomic mass is 10.4. The van der Waals surface area contributed by atoms with Crippen LogP contribution in [0.1, 0.15) is 17.4 Å². The number of nitrogens with zero attached hydrogens (tertiary/aromatic N) is 5. The second-order valence-electron chi connectivity index (χ2n) is 4.67. The smallest absolute Gasteiger partial charge is 0.227 e. The second-order valence-corrected chi connectivity index (χ2v) is 4.67. The van der Waals surface area contributed by atoms with Gasteiger partial charge in [-0.25, -0.2) is 4.98 Å². The number of nitrogens with one attached hydrogen (secondary N) is 1. The molecule has 0 saturated carbocycles. The fourth-order valence-corrected chi connectivity index (χ4v) is 1.87. The number of anilines is 1. The number of hydrogen-bond acceptors (Lipinski definition) is 6. The first-order chi connectivity index (χ1) is 9.08. The number of rotatable bonds is 6. The van der Waals surface area contributed by atoms with Gasteiger partial charge in [-0.2, -0.15) is 4.98 Å². The Morgan fingerprint density at radius 3 is 2.79 bits per heavy atom. The van der Waals surface area contributed by atoms with Crippen LogP contribution in [-0.4, -0.2) is 40.3 Å². The normalized spacial score (nSPS) is 10.9. The number of aromatic nitrogens is 4. The molecule has 2 aromatic rings. The van der Waals surface area contributed by atoms with E-state index in [1.54, 1.807) is 0 Å². The van der Waals surface area contributed by atoms with Gasteiger partial charge in [0, 0.05) is 40.7 Å². The van der Waals surface area contributed by atoms with Crippen molar-refractivity contribution >= 4 is 5.95 Å². The molecule has 2 rings (SSSR count). The molecule has 7 nitrogen and oxygen atoms in total. The molecule has 2 heterocycles. The maximum atomic E-state index is 5.05. The average Bonchev–Trinajstić information content (AvgIpc) is 2.92. The molecule has 0 radical (unpaired) electrons. The molecule has 0 amide bonds. The topological polar surface area (TPSA) is 72.0 Å². The third kappa shape index (κ3) is 3.31. The molecular weight excluding hydrogens is 244 g/mol. The molecule has 7 heteroatoms. The molecule has 0 atom stereocenters. The maximum Gasteiger partial charge on any atom is 0.227 e. The SMILES string of the molecule is Cc1noc(CCNCc2cnc(N(C)C)n2C)n1. The summed E-state index contributed by atoms with van der Waals surface area (Å²) >= 11 is 0. The maximum absolute atomic E-state index is 5.05. The van der Waals surface area contributed by atoms with Crippen molar-refractivity contribution in [1.82, 2.24) is 25.0 Å². The van der Waals surface area contributed by atoms with Gasteiger partial charge < -0.3 is 19.3 Å². The summed E-state index contributed by atoms with van der Waals surface area (Å²) in [6.45, 7) is 3.38.